The molecule has 372 valence electrons. The number of esters is 1. The van der Waals surface area contributed by atoms with Gasteiger partial charge < -0.3 is 73.9 Å². The van der Waals surface area contributed by atoms with E-state index in [0.29, 0.717) is 31.2 Å². The first-order chi connectivity index (χ1) is 30.5. The Kier molecular flexibility index (Phi) is 17.7. The number of hydrogen-bond donors (Lipinski definition) is 6. The Bertz CT molecular complexity index is 1730. The van der Waals surface area contributed by atoms with Gasteiger partial charge in [-0.25, -0.2) is 9.97 Å². The number of nitrogens with zero attached hydrogens (tertiary/aromatic N) is 4. The van der Waals surface area contributed by atoms with Gasteiger partial charge >= 0.3 is 5.97 Å². The van der Waals surface area contributed by atoms with Crippen LogP contribution in [-0.4, -0.2) is 178 Å². The molecule has 0 spiro atoms. The number of aromatic nitrogens is 2. The Morgan fingerprint density at radius 3 is 2.31 bits per heavy atom. The molecule has 0 aliphatic carbocycles. The second-order valence-electron chi connectivity index (χ2n) is 19.7. The van der Waals surface area contributed by atoms with Gasteiger partial charge in [-0.2, -0.15) is 4.99 Å². The van der Waals surface area contributed by atoms with Crippen molar-refractivity contribution in [2.75, 3.05) is 40.9 Å². The number of cyclic esters (lactones) is 1. The summed E-state index contributed by atoms with van der Waals surface area (Å²) in [5.41, 5.74) is -6.04. The van der Waals surface area contributed by atoms with Gasteiger partial charge in [0, 0.05) is 39.1 Å². The third-order valence-electron chi connectivity index (χ3n) is 14.4. The third-order valence-corrected chi connectivity index (χ3v) is 14.4. The molecule has 4 fully saturated rings. The van der Waals surface area contributed by atoms with E-state index in [2.05, 4.69) is 25.6 Å². The van der Waals surface area contributed by atoms with E-state index >= 15 is 0 Å². The van der Waals surface area contributed by atoms with Crippen LogP contribution in [0.2, 0.25) is 0 Å². The number of fused-ring (bicyclic) bond motifs is 1. The Balaban J connectivity index is 1.57. The predicted molar refractivity (Wildman–Crippen MR) is 240 cm³/mol. The number of methoxy groups -OCH3 is 2. The van der Waals surface area contributed by atoms with Gasteiger partial charge in [-0.3, -0.25) is 4.79 Å². The molecule has 5 rings (SSSR count). The first kappa shape index (κ1) is 53.1. The zero-order chi connectivity index (χ0) is 48.2. The molecule has 0 saturated carbocycles. The number of aliphatic hydroxyl groups excluding tert-OH is 1. The maximum absolute atomic E-state index is 14.5. The summed E-state index contributed by atoms with van der Waals surface area (Å²) < 4.78 is 50.9. The summed E-state index contributed by atoms with van der Waals surface area (Å²) in [7, 11) is 4.92. The van der Waals surface area contributed by atoms with Crippen LogP contribution < -0.4 is 15.4 Å². The second kappa shape index (κ2) is 21.6. The van der Waals surface area contributed by atoms with Crippen LogP contribution in [0.3, 0.4) is 0 Å². The summed E-state index contributed by atoms with van der Waals surface area (Å²) in [5, 5.41) is 54.9. The van der Waals surface area contributed by atoms with E-state index in [1.54, 1.807) is 34.6 Å². The zero-order valence-electron chi connectivity index (χ0n) is 41.1. The number of ether oxygens (including phenoxy) is 8. The van der Waals surface area contributed by atoms with Gasteiger partial charge in [-0.1, -0.05) is 27.7 Å². The molecule has 65 heavy (non-hydrogen) atoms. The molecule has 18 atom stereocenters. The van der Waals surface area contributed by atoms with Crippen LogP contribution in [0.5, 0.6) is 5.88 Å². The van der Waals surface area contributed by atoms with Gasteiger partial charge in [0.25, 0.3) is 6.02 Å². The molecule has 0 unspecified atom stereocenters. The molecule has 1 aromatic heterocycles. The summed E-state index contributed by atoms with van der Waals surface area (Å²) in [4.78, 5) is 29.7. The fourth-order valence-corrected chi connectivity index (χ4v) is 10.2. The molecule has 5 heterocycles. The van der Waals surface area contributed by atoms with E-state index in [1.165, 1.54) is 33.5 Å². The average Bonchev–Trinajstić information content (AvgIpc) is 3.57. The zero-order valence-corrected chi connectivity index (χ0v) is 41.1. The average molecular weight is 925 g/mol. The fourth-order valence-electron chi connectivity index (χ4n) is 10.2. The molecule has 6 N–H and O–H groups in total. The van der Waals surface area contributed by atoms with Gasteiger partial charge in [0.15, 0.2) is 24.5 Å². The van der Waals surface area contributed by atoms with Crippen LogP contribution in [0, 0.1) is 17.8 Å². The van der Waals surface area contributed by atoms with Crippen LogP contribution in [0.4, 0.5) is 5.82 Å². The molecular weight excluding hydrogens is 845 g/mol. The molecular formula is C46H80N6O13. The number of likely N-dealkylation sites (N-methyl/N-ethyl adjacent to an activating group) is 1. The van der Waals surface area contributed by atoms with E-state index in [-0.39, 0.29) is 49.9 Å². The molecule has 0 radical (unpaired) electrons. The first-order valence-corrected chi connectivity index (χ1v) is 23.5. The number of nitrogens with one attached hydrogen (secondary N) is 2. The number of carbonyl (C=O) groups is 1. The van der Waals surface area contributed by atoms with E-state index in [0.717, 1.165) is 6.42 Å². The number of rotatable bonds is 12. The van der Waals surface area contributed by atoms with Crippen molar-refractivity contribution in [1.82, 2.24) is 25.5 Å². The lowest BCUT2D eigenvalue weighted by Crippen LogP contribution is -2.70. The lowest BCUT2D eigenvalue weighted by molar-refractivity contribution is -0.335. The number of amidine groups is 1. The van der Waals surface area contributed by atoms with Crippen molar-refractivity contribution in [2.24, 2.45) is 22.7 Å². The second-order valence-corrected chi connectivity index (χ2v) is 19.7. The molecule has 4 aliphatic heterocycles. The summed E-state index contributed by atoms with van der Waals surface area (Å²) in [6, 6.07) is -0.560. The largest absolute Gasteiger partial charge is 0.480 e. The van der Waals surface area contributed by atoms with E-state index in [4.69, 9.17) is 37.9 Å². The summed E-state index contributed by atoms with van der Waals surface area (Å²) in [6.07, 6.45) is -3.47. The summed E-state index contributed by atoms with van der Waals surface area (Å²) in [6.45, 7) is 21.0. The van der Waals surface area contributed by atoms with E-state index < -0.39 is 95.5 Å². The van der Waals surface area contributed by atoms with Gasteiger partial charge in [-0.05, 0) is 93.2 Å². The van der Waals surface area contributed by atoms with Crippen molar-refractivity contribution >= 4 is 17.8 Å². The number of aliphatic hydroxyl groups is 4. The lowest BCUT2D eigenvalue weighted by Gasteiger charge is -2.53. The highest BCUT2D eigenvalue weighted by Gasteiger charge is 2.59. The summed E-state index contributed by atoms with van der Waals surface area (Å²) >= 11 is 0. The van der Waals surface area contributed by atoms with Crippen LogP contribution in [0.15, 0.2) is 17.4 Å². The summed E-state index contributed by atoms with van der Waals surface area (Å²) in [5.74, 6) is -2.07. The van der Waals surface area contributed by atoms with Crippen LogP contribution >= 0.6 is 0 Å². The van der Waals surface area contributed by atoms with Crippen molar-refractivity contribution in [3.63, 3.8) is 0 Å². The Labute approximate surface area is 385 Å². The molecule has 0 aromatic carbocycles. The van der Waals surface area contributed by atoms with Gasteiger partial charge in [0.2, 0.25) is 5.88 Å². The fraction of sp³-hybridized carbons (Fsp3) is 0.870. The standard InChI is InChI=1S/C46H80N6O13/c1-15-17-47-24-46(57)30(8)61-35(20-44(46,10)59-14)63-36-27(5)39(43(9,55)19-25(3)21-48-29(7)38(53)45(11,56)32(16-2)62-40(54)28(36)6)65-41-37-31(18-26(4)60-41)52(12)42(64-37)51-33-22-50-34(58-13)23-49-33/h22-23,25-32,35-39,41,47-48,53,55-57H,15-21,24H2,1-14H3/b51-42-/t25-,26-,27+,28-,29-,30+,31+,32-,35+,36+,37-,38-,39-,41+,43-,44-,45-,46+/m1/s1. The highest BCUT2D eigenvalue weighted by Crippen LogP contribution is 2.44. The molecule has 0 bridgehead atoms. The minimum atomic E-state index is -1.83. The molecule has 4 aliphatic rings. The van der Waals surface area contributed by atoms with Gasteiger partial charge in [-0.15, -0.1) is 0 Å². The smallest absolute Gasteiger partial charge is 0.311 e. The highest BCUT2D eigenvalue weighted by atomic mass is 16.7. The van der Waals surface area contributed by atoms with Crippen LogP contribution in [0.25, 0.3) is 0 Å². The monoisotopic (exact) mass is 925 g/mol. The van der Waals surface area contributed by atoms with Crippen molar-refractivity contribution in [3.05, 3.63) is 12.4 Å². The van der Waals surface area contributed by atoms with E-state index in [9.17, 15) is 25.2 Å². The minimum Gasteiger partial charge on any atom is -0.480 e. The molecule has 1 aromatic rings. The Morgan fingerprint density at radius 2 is 1.69 bits per heavy atom. The molecule has 19 nitrogen and oxygen atoms in total. The maximum Gasteiger partial charge on any atom is 0.311 e. The minimum absolute atomic E-state index is 0.0813. The number of carbonyl (C=O) groups excluding carboxylic acids is 1. The maximum atomic E-state index is 14.5. The van der Waals surface area contributed by atoms with Crippen LogP contribution in [0.1, 0.15) is 108 Å². The van der Waals surface area contributed by atoms with Crippen molar-refractivity contribution in [2.45, 2.75) is 198 Å². The molecule has 0 amide bonds. The Morgan fingerprint density at radius 1 is 0.985 bits per heavy atom. The first-order valence-electron chi connectivity index (χ1n) is 23.5. The molecule has 19 heteroatoms. The number of aliphatic imine (C=N–C) groups is 1. The van der Waals surface area contributed by atoms with Crippen molar-refractivity contribution < 1.29 is 63.1 Å². The van der Waals surface area contributed by atoms with Gasteiger partial charge in [0.1, 0.15) is 29.0 Å². The van der Waals surface area contributed by atoms with Gasteiger partial charge in [0.05, 0.1) is 61.5 Å². The number of hydrogen-bond acceptors (Lipinski definition) is 18. The lowest BCUT2D eigenvalue weighted by atomic mass is 9.75. The predicted octanol–water partition coefficient (Wildman–Crippen LogP) is 2.82. The van der Waals surface area contributed by atoms with E-state index in [1.807, 2.05) is 46.6 Å². The highest BCUT2D eigenvalue weighted by molar-refractivity contribution is 5.79. The SMILES string of the molecule is CCCNC[C@]1(O)[C@H](C)O[C@@H](O[C@H]2[C@H](C)[C@@H](O[C@@H]3O[C@H](C)C[C@H]4[C@H]3O/C(=N\c3cnc(OC)cn3)N4C)[C@](C)(O)C[C@@H](C)CN[C@H](C)[C@@H](O)[C@](C)(O)[C@@H](CC)OC(=O)[C@@H]2C)C[C@@]1(C)OC. The van der Waals surface area contributed by atoms with Crippen molar-refractivity contribution in [1.29, 1.82) is 0 Å². The molecule has 4 saturated heterocycles. The quantitative estimate of drug-likeness (QED) is 0.131. The third kappa shape index (κ3) is 11.6. The van der Waals surface area contributed by atoms with Crippen molar-refractivity contribution in [3.8, 4) is 5.88 Å². The topological polar surface area (TPSA) is 237 Å². The van der Waals surface area contributed by atoms with Crippen LogP contribution in [-0.2, 0) is 38.0 Å². The Hall–Kier alpha value is -2.82. The normalized spacial score (nSPS) is 44.1.